The Morgan fingerprint density at radius 3 is 2.58 bits per heavy atom. The minimum atomic E-state index is -0.825. The summed E-state index contributed by atoms with van der Waals surface area (Å²) in [4.78, 5) is 2.21. The first kappa shape index (κ1) is 9.96. The molecule has 0 bridgehead atoms. The van der Waals surface area contributed by atoms with Gasteiger partial charge in [0.25, 0.3) is 0 Å². The molecule has 12 heavy (non-hydrogen) atoms. The van der Waals surface area contributed by atoms with Crippen LogP contribution in [0.1, 0.15) is 20.3 Å². The zero-order chi connectivity index (χ0) is 9.19. The largest absolute Gasteiger partial charge is 0.393 e. The van der Waals surface area contributed by atoms with E-state index in [9.17, 15) is 5.11 Å². The minimum Gasteiger partial charge on any atom is -0.393 e. The van der Waals surface area contributed by atoms with E-state index in [0.29, 0.717) is 18.9 Å². The van der Waals surface area contributed by atoms with Crippen molar-refractivity contribution in [1.29, 1.82) is 0 Å². The number of likely N-dealkylation sites (tertiary alicyclic amines) is 1. The topological polar surface area (TPSA) is 43.7 Å². The van der Waals surface area contributed by atoms with Gasteiger partial charge in [-0.2, -0.15) is 0 Å². The molecule has 0 amide bonds. The number of nitrogens with zero attached hydrogens (tertiary/aromatic N) is 1. The molecule has 72 valence electrons. The fourth-order valence-electron chi connectivity index (χ4n) is 1.74. The molecule has 1 saturated heterocycles. The number of aliphatic hydroxyl groups excluding tert-OH is 1. The zero-order valence-electron chi connectivity index (χ0n) is 7.95. The van der Waals surface area contributed by atoms with Gasteiger partial charge in [-0.1, -0.05) is 13.8 Å². The lowest BCUT2D eigenvalue weighted by atomic mass is 10.1. The van der Waals surface area contributed by atoms with E-state index in [1.165, 1.54) is 0 Å². The Hall–Kier alpha value is -0.120. The van der Waals surface area contributed by atoms with Crippen LogP contribution < -0.4 is 0 Å². The van der Waals surface area contributed by atoms with E-state index >= 15 is 0 Å². The summed E-state index contributed by atoms with van der Waals surface area (Å²) in [6, 6.07) is 0. The van der Waals surface area contributed by atoms with Crippen molar-refractivity contribution < 1.29 is 10.2 Å². The van der Waals surface area contributed by atoms with Crippen LogP contribution in [0, 0.1) is 5.92 Å². The van der Waals surface area contributed by atoms with E-state index in [-0.39, 0.29) is 6.61 Å². The highest BCUT2D eigenvalue weighted by molar-refractivity contribution is 4.89. The summed E-state index contributed by atoms with van der Waals surface area (Å²) in [5.74, 6) is 0.631. The lowest BCUT2D eigenvalue weighted by Gasteiger charge is -2.21. The van der Waals surface area contributed by atoms with E-state index in [1.54, 1.807) is 0 Å². The van der Waals surface area contributed by atoms with Crippen LogP contribution in [0.25, 0.3) is 0 Å². The Morgan fingerprint density at radius 2 is 2.17 bits per heavy atom. The van der Waals surface area contributed by atoms with Gasteiger partial charge < -0.3 is 15.1 Å². The first-order valence-corrected chi connectivity index (χ1v) is 4.61. The lowest BCUT2D eigenvalue weighted by molar-refractivity contribution is -0.00591. The van der Waals surface area contributed by atoms with Gasteiger partial charge in [-0.25, -0.2) is 0 Å². The molecule has 1 aliphatic heterocycles. The summed E-state index contributed by atoms with van der Waals surface area (Å²) >= 11 is 0. The number of aliphatic hydroxyl groups is 2. The fourth-order valence-corrected chi connectivity index (χ4v) is 1.74. The van der Waals surface area contributed by atoms with Crippen molar-refractivity contribution in [3.05, 3.63) is 0 Å². The van der Waals surface area contributed by atoms with E-state index < -0.39 is 5.60 Å². The van der Waals surface area contributed by atoms with Gasteiger partial charge in [0, 0.05) is 19.6 Å². The maximum Gasteiger partial charge on any atom is 0.101 e. The lowest BCUT2D eigenvalue weighted by Crippen LogP contribution is -2.37. The maximum atomic E-state index is 9.69. The molecule has 1 aliphatic rings. The van der Waals surface area contributed by atoms with Crippen molar-refractivity contribution in [2.45, 2.75) is 25.9 Å². The molecule has 0 aromatic carbocycles. The Kier molecular flexibility index (Phi) is 3.09. The second kappa shape index (κ2) is 3.73. The highest BCUT2D eigenvalue weighted by Gasteiger charge is 2.35. The molecule has 1 atom stereocenters. The SMILES string of the molecule is CC(C)CN1CCC(O)(CO)C1. The van der Waals surface area contributed by atoms with Gasteiger partial charge >= 0.3 is 0 Å². The average Bonchev–Trinajstić information content (AvgIpc) is 2.32. The molecule has 3 heteroatoms. The minimum absolute atomic E-state index is 0.110. The predicted molar refractivity (Wildman–Crippen MR) is 47.9 cm³/mol. The molecular weight excluding hydrogens is 154 g/mol. The van der Waals surface area contributed by atoms with Crippen LogP contribution in [0.15, 0.2) is 0 Å². The van der Waals surface area contributed by atoms with Crippen molar-refractivity contribution in [3.8, 4) is 0 Å². The Bertz CT molecular complexity index is 149. The fraction of sp³-hybridized carbons (Fsp3) is 1.00. The molecule has 2 N–H and O–H groups in total. The molecular formula is C9H19NO2. The van der Waals surface area contributed by atoms with E-state index in [4.69, 9.17) is 5.11 Å². The highest BCUT2D eigenvalue weighted by atomic mass is 16.3. The van der Waals surface area contributed by atoms with Gasteiger partial charge in [0.1, 0.15) is 5.60 Å². The Labute approximate surface area is 74.0 Å². The van der Waals surface area contributed by atoms with Crippen LogP contribution in [0.3, 0.4) is 0 Å². The third kappa shape index (κ3) is 2.44. The van der Waals surface area contributed by atoms with Gasteiger partial charge in [0.05, 0.1) is 6.61 Å². The van der Waals surface area contributed by atoms with E-state index in [1.807, 2.05) is 0 Å². The summed E-state index contributed by atoms with van der Waals surface area (Å²) < 4.78 is 0. The van der Waals surface area contributed by atoms with Gasteiger partial charge in [-0.3, -0.25) is 0 Å². The summed E-state index contributed by atoms with van der Waals surface area (Å²) in [6.45, 7) is 6.77. The van der Waals surface area contributed by atoms with Crippen LogP contribution in [-0.2, 0) is 0 Å². The third-order valence-corrected chi connectivity index (χ3v) is 2.33. The molecule has 1 unspecified atom stereocenters. The second-order valence-electron chi connectivity index (χ2n) is 4.26. The Balaban J connectivity index is 2.35. The molecule has 1 rings (SSSR count). The zero-order valence-corrected chi connectivity index (χ0v) is 7.95. The maximum absolute atomic E-state index is 9.69. The van der Waals surface area contributed by atoms with Gasteiger partial charge in [0.15, 0.2) is 0 Å². The molecule has 0 saturated carbocycles. The Morgan fingerprint density at radius 1 is 1.50 bits per heavy atom. The van der Waals surface area contributed by atoms with Crippen LogP contribution in [0.5, 0.6) is 0 Å². The number of β-amino-alcohol motifs (C(OH)–C–C–N with tert-alkyl or cyclic N) is 1. The standard InChI is InChI=1S/C9H19NO2/c1-8(2)5-10-4-3-9(12,6-10)7-11/h8,11-12H,3-7H2,1-2H3. The van der Waals surface area contributed by atoms with Crippen LogP contribution in [0.2, 0.25) is 0 Å². The monoisotopic (exact) mass is 173 g/mol. The second-order valence-corrected chi connectivity index (χ2v) is 4.26. The van der Waals surface area contributed by atoms with Crippen molar-refractivity contribution >= 4 is 0 Å². The molecule has 0 radical (unpaired) electrons. The third-order valence-electron chi connectivity index (χ3n) is 2.33. The first-order chi connectivity index (χ1) is 5.56. The van der Waals surface area contributed by atoms with Crippen LogP contribution in [0.4, 0.5) is 0 Å². The van der Waals surface area contributed by atoms with Crippen molar-refractivity contribution in [3.63, 3.8) is 0 Å². The molecule has 0 aliphatic carbocycles. The normalized spacial score (nSPS) is 31.8. The predicted octanol–water partition coefficient (Wildman–Crippen LogP) is 0.0715. The van der Waals surface area contributed by atoms with Gasteiger partial charge in [-0.15, -0.1) is 0 Å². The summed E-state index contributed by atoms with van der Waals surface area (Å²) in [5.41, 5.74) is -0.825. The molecule has 0 aromatic rings. The number of hydrogen-bond acceptors (Lipinski definition) is 3. The van der Waals surface area contributed by atoms with Crippen molar-refractivity contribution in [2.75, 3.05) is 26.2 Å². The molecule has 3 nitrogen and oxygen atoms in total. The van der Waals surface area contributed by atoms with Crippen LogP contribution in [-0.4, -0.2) is 47.0 Å². The first-order valence-electron chi connectivity index (χ1n) is 4.61. The van der Waals surface area contributed by atoms with Crippen molar-refractivity contribution in [1.82, 2.24) is 4.90 Å². The van der Waals surface area contributed by atoms with Crippen molar-refractivity contribution in [2.24, 2.45) is 5.92 Å². The molecule has 1 fully saturated rings. The average molecular weight is 173 g/mol. The quantitative estimate of drug-likeness (QED) is 0.635. The highest BCUT2D eigenvalue weighted by Crippen LogP contribution is 2.20. The smallest absolute Gasteiger partial charge is 0.101 e. The van der Waals surface area contributed by atoms with E-state index in [2.05, 4.69) is 18.7 Å². The molecule has 1 heterocycles. The summed E-state index contributed by atoms with van der Waals surface area (Å²) in [7, 11) is 0. The van der Waals surface area contributed by atoms with Gasteiger partial charge in [0.2, 0.25) is 0 Å². The number of hydrogen-bond donors (Lipinski definition) is 2. The molecule has 0 aromatic heterocycles. The van der Waals surface area contributed by atoms with E-state index in [0.717, 1.165) is 13.1 Å². The summed E-state index contributed by atoms with van der Waals surface area (Å²) in [5, 5.41) is 18.6. The number of rotatable bonds is 3. The summed E-state index contributed by atoms with van der Waals surface area (Å²) in [6.07, 6.45) is 0.705. The molecule has 0 spiro atoms. The van der Waals surface area contributed by atoms with Gasteiger partial charge in [-0.05, 0) is 12.3 Å². The van der Waals surface area contributed by atoms with Crippen LogP contribution >= 0.6 is 0 Å².